The summed E-state index contributed by atoms with van der Waals surface area (Å²) in [7, 11) is 0. The molecule has 2 aromatic carbocycles. The van der Waals surface area contributed by atoms with Gasteiger partial charge in [-0.2, -0.15) is 0 Å². The van der Waals surface area contributed by atoms with Crippen LogP contribution in [0, 0.1) is 23.5 Å². The summed E-state index contributed by atoms with van der Waals surface area (Å²) in [5.74, 6) is -3.37. The molecule has 1 aliphatic heterocycles. The maximum atomic E-state index is 14.3. The van der Waals surface area contributed by atoms with Gasteiger partial charge in [-0.15, -0.1) is 10.2 Å². The molecule has 1 aromatic heterocycles. The topological polar surface area (TPSA) is 97.1 Å². The Morgan fingerprint density at radius 2 is 1.97 bits per heavy atom. The minimum atomic E-state index is -0.938. The van der Waals surface area contributed by atoms with Crippen molar-refractivity contribution in [3.8, 4) is 0 Å². The van der Waals surface area contributed by atoms with Crippen LogP contribution in [0.2, 0.25) is 0 Å². The molecule has 2 N–H and O–H groups in total. The highest BCUT2D eigenvalue weighted by atomic mass is 19.1. The number of rotatable bonds is 4. The van der Waals surface area contributed by atoms with Crippen molar-refractivity contribution in [2.24, 2.45) is 11.8 Å². The lowest BCUT2D eigenvalue weighted by atomic mass is 10.0. The number of fused-ring (bicyclic) bond motifs is 3. The van der Waals surface area contributed by atoms with Gasteiger partial charge in [0.1, 0.15) is 17.7 Å². The van der Waals surface area contributed by atoms with E-state index in [2.05, 4.69) is 20.8 Å². The van der Waals surface area contributed by atoms with E-state index in [9.17, 15) is 18.4 Å². The second-order valence-corrected chi connectivity index (χ2v) is 7.92. The highest BCUT2D eigenvalue weighted by Gasteiger charge is 2.57. The molecule has 0 radical (unpaired) electrons. The summed E-state index contributed by atoms with van der Waals surface area (Å²) in [6, 6.07) is 10.5. The van der Waals surface area contributed by atoms with Crippen LogP contribution in [0.25, 0.3) is 0 Å². The van der Waals surface area contributed by atoms with Crippen molar-refractivity contribution < 1.29 is 22.8 Å². The monoisotopic (exact) mass is 424 g/mol. The first kappa shape index (κ1) is 19.3. The van der Waals surface area contributed by atoms with E-state index >= 15 is 0 Å². The van der Waals surface area contributed by atoms with Gasteiger partial charge >= 0.3 is 11.8 Å². The summed E-state index contributed by atoms with van der Waals surface area (Å²) in [5, 5.41) is 12.8. The maximum absolute atomic E-state index is 14.3. The molecule has 158 valence electrons. The number of amides is 2. The van der Waals surface area contributed by atoms with Crippen LogP contribution < -0.4 is 10.6 Å². The molecule has 3 unspecified atom stereocenters. The Balaban J connectivity index is 1.34. The van der Waals surface area contributed by atoms with Crippen LogP contribution >= 0.6 is 0 Å². The summed E-state index contributed by atoms with van der Waals surface area (Å²) < 4.78 is 33.5. The van der Waals surface area contributed by atoms with E-state index in [0.717, 1.165) is 11.6 Å². The zero-order valence-corrected chi connectivity index (χ0v) is 16.4. The predicted octanol–water partition coefficient (Wildman–Crippen LogP) is 3.04. The number of carbonyl (C=O) groups excluding carboxylic acids is 2. The molecule has 2 aliphatic rings. The predicted molar refractivity (Wildman–Crippen MR) is 105 cm³/mol. The molecule has 1 saturated carbocycles. The molecule has 2 amide bonds. The van der Waals surface area contributed by atoms with Crippen molar-refractivity contribution in [1.29, 1.82) is 0 Å². The number of hydrogen-bond acceptors (Lipinski definition) is 5. The van der Waals surface area contributed by atoms with Gasteiger partial charge in [-0.25, -0.2) is 8.78 Å². The number of anilines is 1. The Labute approximate surface area is 175 Å². The number of halogens is 2. The van der Waals surface area contributed by atoms with Crippen LogP contribution in [0.4, 0.5) is 14.5 Å². The van der Waals surface area contributed by atoms with Crippen molar-refractivity contribution >= 4 is 17.5 Å². The minimum Gasteiger partial charge on any atom is -0.417 e. The summed E-state index contributed by atoms with van der Waals surface area (Å²) in [5.41, 5.74) is 1.32. The fourth-order valence-electron chi connectivity index (χ4n) is 4.41. The number of hydrogen-bond donors (Lipinski definition) is 2. The first-order valence-corrected chi connectivity index (χ1v) is 9.89. The van der Waals surface area contributed by atoms with Crippen molar-refractivity contribution in [2.45, 2.75) is 25.3 Å². The first-order valence-electron chi connectivity index (χ1n) is 9.89. The minimum absolute atomic E-state index is 0.0346. The lowest BCUT2D eigenvalue weighted by molar-refractivity contribution is -0.118. The Hall–Kier alpha value is -3.62. The van der Waals surface area contributed by atoms with E-state index in [1.807, 2.05) is 37.3 Å². The van der Waals surface area contributed by atoms with Crippen molar-refractivity contribution in [3.05, 3.63) is 77.0 Å². The molecule has 1 fully saturated rings. The van der Waals surface area contributed by atoms with Gasteiger partial charge in [0, 0.05) is 6.07 Å². The molecule has 2 heterocycles. The smallest absolute Gasteiger partial charge is 0.309 e. The van der Waals surface area contributed by atoms with Crippen LogP contribution in [0.3, 0.4) is 0 Å². The van der Waals surface area contributed by atoms with Crippen LogP contribution in [-0.2, 0) is 11.2 Å². The second-order valence-electron chi connectivity index (χ2n) is 7.92. The van der Waals surface area contributed by atoms with Crippen LogP contribution in [0.1, 0.15) is 40.5 Å². The van der Waals surface area contributed by atoms with Gasteiger partial charge in [0.25, 0.3) is 0 Å². The Morgan fingerprint density at radius 1 is 1.19 bits per heavy atom. The lowest BCUT2D eigenvalue weighted by Gasteiger charge is -2.16. The average molecular weight is 424 g/mol. The van der Waals surface area contributed by atoms with Crippen molar-refractivity contribution in [2.75, 3.05) is 5.32 Å². The average Bonchev–Trinajstić information content (AvgIpc) is 3.20. The Kier molecular flexibility index (Phi) is 4.53. The van der Waals surface area contributed by atoms with Gasteiger partial charge in [0.05, 0.1) is 12.1 Å². The number of nitrogens with zero attached hydrogens (tertiary/aromatic N) is 2. The van der Waals surface area contributed by atoms with E-state index < -0.39 is 29.5 Å². The van der Waals surface area contributed by atoms with Crippen molar-refractivity contribution in [3.63, 3.8) is 0 Å². The molecule has 1 aliphatic carbocycles. The summed E-state index contributed by atoms with van der Waals surface area (Å²) in [6.07, 6.45) is 0.368. The van der Waals surface area contributed by atoms with E-state index in [-0.39, 0.29) is 35.2 Å². The molecule has 3 aromatic rings. The van der Waals surface area contributed by atoms with Gasteiger partial charge in [0.15, 0.2) is 0 Å². The van der Waals surface area contributed by atoms with Crippen LogP contribution in [0.15, 0.2) is 46.9 Å². The molecule has 4 atom stereocenters. The summed E-state index contributed by atoms with van der Waals surface area (Å²) in [6.45, 7) is 1.88. The number of aromatic nitrogens is 2. The van der Waals surface area contributed by atoms with Gasteiger partial charge in [-0.3, -0.25) is 9.59 Å². The molecule has 5 rings (SSSR count). The largest absolute Gasteiger partial charge is 0.417 e. The molecule has 0 saturated heterocycles. The second kappa shape index (κ2) is 7.26. The Morgan fingerprint density at radius 3 is 2.74 bits per heavy atom. The molecule has 7 nitrogen and oxygen atoms in total. The third-order valence-electron chi connectivity index (χ3n) is 5.95. The molecule has 31 heavy (non-hydrogen) atoms. The van der Waals surface area contributed by atoms with E-state index in [0.29, 0.717) is 12.0 Å². The van der Waals surface area contributed by atoms with Gasteiger partial charge < -0.3 is 15.1 Å². The fourth-order valence-corrected chi connectivity index (χ4v) is 4.41. The standard InChI is InChI=1S/C22H18F2N4O3/c1-10-16-13-8-12(23)9-14(24)18(13)25-20(29)19(17(10)16)26-21(30)22-28-27-15(31-22)7-11-5-3-2-4-6-11/h2-6,8-10,16-17,19H,7H2,1H3,(H,25,29)(H,26,30)/t10?,16?,17?,19-/m0/s1. The third-order valence-corrected chi connectivity index (χ3v) is 5.95. The zero-order valence-electron chi connectivity index (χ0n) is 16.4. The van der Waals surface area contributed by atoms with E-state index in [1.165, 1.54) is 6.07 Å². The lowest BCUT2D eigenvalue weighted by Crippen LogP contribution is -2.45. The van der Waals surface area contributed by atoms with Crippen molar-refractivity contribution in [1.82, 2.24) is 15.5 Å². The fraction of sp³-hybridized carbons (Fsp3) is 0.273. The quantitative estimate of drug-likeness (QED) is 0.671. The van der Waals surface area contributed by atoms with Crippen LogP contribution in [-0.4, -0.2) is 28.1 Å². The first-order chi connectivity index (χ1) is 14.9. The normalized spacial score (nSPS) is 23.9. The zero-order chi connectivity index (χ0) is 21.7. The highest BCUT2D eigenvalue weighted by molar-refractivity contribution is 6.01. The van der Waals surface area contributed by atoms with Crippen LogP contribution in [0.5, 0.6) is 0 Å². The number of benzene rings is 2. The Bertz CT molecular complexity index is 1180. The molecule has 9 heteroatoms. The molecule has 0 bridgehead atoms. The van der Waals surface area contributed by atoms with E-state index in [1.54, 1.807) is 0 Å². The SMILES string of the molecule is CC1C2c3cc(F)cc(F)c3NC(=O)[C@@H](NC(=O)c3nnc(Cc4ccccc4)o3)C12. The number of carbonyl (C=O) groups is 2. The van der Waals surface area contributed by atoms with Gasteiger partial charge in [-0.1, -0.05) is 37.3 Å². The molecule has 0 spiro atoms. The van der Waals surface area contributed by atoms with Gasteiger partial charge in [0.2, 0.25) is 11.8 Å². The maximum Gasteiger partial charge on any atom is 0.309 e. The number of nitrogens with one attached hydrogen (secondary N) is 2. The highest BCUT2D eigenvalue weighted by Crippen LogP contribution is 2.59. The summed E-state index contributed by atoms with van der Waals surface area (Å²) >= 11 is 0. The summed E-state index contributed by atoms with van der Waals surface area (Å²) in [4.78, 5) is 25.4. The van der Waals surface area contributed by atoms with Gasteiger partial charge in [-0.05, 0) is 34.9 Å². The third kappa shape index (κ3) is 3.45. The molecular formula is C22H18F2N4O3. The van der Waals surface area contributed by atoms with E-state index in [4.69, 9.17) is 4.42 Å². The molecular weight excluding hydrogens is 406 g/mol.